The number of imidazole rings is 1. The molecule has 1 aliphatic rings. The smallest absolute Gasteiger partial charge is 0.225 e. The average molecular weight is 350 g/mol. The van der Waals surface area contributed by atoms with Crippen molar-refractivity contribution in [1.29, 1.82) is 0 Å². The molecule has 0 spiro atoms. The lowest BCUT2D eigenvalue weighted by atomic mass is 9.91. The van der Waals surface area contributed by atoms with E-state index in [2.05, 4.69) is 24.8 Å². The summed E-state index contributed by atoms with van der Waals surface area (Å²) in [6.45, 7) is 1.63. The summed E-state index contributed by atoms with van der Waals surface area (Å²) in [4.78, 5) is 19.9. The molecule has 1 aliphatic heterocycles. The number of aryl methyl sites for hydroxylation is 1. The highest BCUT2D eigenvalue weighted by Gasteiger charge is 2.29. The first-order valence-electron chi connectivity index (χ1n) is 8.87. The zero-order valence-corrected chi connectivity index (χ0v) is 14.7. The Morgan fingerprint density at radius 3 is 2.54 bits per heavy atom. The highest BCUT2D eigenvalue weighted by atomic mass is 16.3. The Balaban J connectivity index is 1.44. The van der Waals surface area contributed by atoms with Crippen LogP contribution in [0.3, 0.4) is 0 Å². The number of pyridine rings is 1. The first-order valence-corrected chi connectivity index (χ1v) is 8.87. The van der Waals surface area contributed by atoms with Gasteiger partial charge in [0.2, 0.25) is 5.95 Å². The number of piperidine rings is 1. The van der Waals surface area contributed by atoms with Crippen molar-refractivity contribution in [1.82, 2.24) is 24.5 Å². The highest BCUT2D eigenvalue weighted by molar-refractivity contribution is 5.55. The molecule has 0 unspecified atom stereocenters. The fourth-order valence-electron chi connectivity index (χ4n) is 3.45. The molecule has 1 atom stereocenters. The fourth-order valence-corrected chi connectivity index (χ4v) is 3.45. The van der Waals surface area contributed by atoms with Crippen LogP contribution in [0, 0.1) is 5.92 Å². The second-order valence-corrected chi connectivity index (χ2v) is 6.62. The molecule has 7 nitrogen and oxygen atoms in total. The summed E-state index contributed by atoms with van der Waals surface area (Å²) in [5, 5.41) is 10.6. The van der Waals surface area contributed by atoms with E-state index >= 15 is 0 Å². The number of anilines is 1. The molecule has 3 aromatic rings. The molecular formula is C19H22N6O. The molecule has 3 aromatic heterocycles. The van der Waals surface area contributed by atoms with Crippen molar-refractivity contribution in [2.24, 2.45) is 13.0 Å². The number of aromatic nitrogens is 5. The van der Waals surface area contributed by atoms with Gasteiger partial charge < -0.3 is 14.6 Å². The quantitative estimate of drug-likeness (QED) is 0.777. The molecule has 0 bridgehead atoms. The van der Waals surface area contributed by atoms with Gasteiger partial charge in [0.05, 0.1) is 11.4 Å². The molecule has 26 heavy (non-hydrogen) atoms. The molecule has 1 saturated heterocycles. The van der Waals surface area contributed by atoms with Crippen LogP contribution in [0.2, 0.25) is 0 Å². The number of hydrogen-bond acceptors (Lipinski definition) is 6. The first kappa shape index (κ1) is 16.7. The zero-order valence-electron chi connectivity index (χ0n) is 14.7. The van der Waals surface area contributed by atoms with Crippen LogP contribution >= 0.6 is 0 Å². The van der Waals surface area contributed by atoms with Crippen LogP contribution in [-0.2, 0) is 7.05 Å². The van der Waals surface area contributed by atoms with Gasteiger partial charge in [-0.15, -0.1) is 0 Å². The largest absolute Gasteiger partial charge is 0.385 e. The maximum Gasteiger partial charge on any atom is 0.225 e. The van der Waals surface area contributed by atoms with Gasteiger partial charge in [0, 0.05) is 44.9 Å². The summed E-state index contributed by atoms with van der Waals surface area (Å²) in [6, 6.07) is 7.67. The van der Waals surface area contributed by atoms with Gasteiger partial charge in [0.1, 0.15) is 11.9 Å². The van der Waals surface area contributed by atoms with E-state index in [0.29, 0.717) is 0 Å². The topological polar surface area (TPSA) is 80.0 Å². The maximum absolute atomic E-state index is 10.6. The molecule has 0 saturated carbocycles. The van der Waals surface area contributed by atoms with Gasteiger partial charge in [-0.05, 0) is 37.0 Å². The second-order valence-electron chi connectivity index (χ2n) is 6.62. The first-order chi connectivity index (χ1) is 12.7. The monoisotopic (exact) mass is 350 g/mol. The number of hydrogen-bond donors (Lipinski definition) is 1. The lowest BCUT2D eigenvalue weighted by Gasteiger charge is -2.34. The van der Waals surface area contributed by atoms with Gasteiger partial charge in [0.25, 0.3) is 0 Å². The van der Waals surface area contributed by atoms with E-state index in [-0.39, 0.29) is 5.92 Å². The fraction of sp³-hybridized carbons (Fsp3) is 0.368. The van der Waals surface area contributed by atoms with Crippen LogP contribution in [0.1, 0.15) is 24.8 Å². The Bertz CT molecular complexity index is 857. The standard InChI is InChI=1S/C19H22N6O/c1-24-13-10-21-18(24)17(26)14-6-11-25(12-7-14)19-22-9-5-16(23-19)15-4-2-3-8-20-15/h2-5,8-10,13-14,17,26H,6-7,11-12H2,1H3/t17-/m0/s1. The lowest BCUT2D eigenvalue weighted by molar-refractivity contribution is 0.0823. The van der Waals surface area contributed by atoms with Crippen molar-refractivity contribution in [3.63, 3.8) is 0 Å². The van der Waals surface area contributed by atoms with Crippen LogP contribution in [0.5, 0.6) is 0 Å². The third-order valence-corrected chi connectivity index (χ3v) is 4.96. The van der Waals surface area contributed by atoms with Gasteiger partial charge in [-0.1, -0.05) is 6.07 Å². The van der Waals surface area contributed by atoms with Gasteiger partial charge in [0.15, 0.2) is 0 Å². The Morgan fingerprint density at radius 2 is 1.85 bits per heavy atom. The average Bonchev–Trinajstić information content (AvgIpc) is 3.14. The number of nitrogens with zero attached hydrogens (tertiary/aromatic N) is 6. The molecule has 7 heteroatoms. The minimum Gasteiger partial charge on any atom is -0.385 e. The molecule has 0 radical (unpaired) electrons. The molecule has 1 N–H and O–H groups in total. The second kappa shape index (κ2) is 7.21. The minimum atomic E-state index is -0.530. The van der Waals surface area contributed by atoms with Crippen LogP contribution in [0.15, 0.2) is 49.1 Å². The molecule has 4 heterocycles. The zero-order chi connectivity index (χ0) is 17.9. The van der Waals surface area contributed by atoms with Crippen molar-refractivity contribution < 1.29 is 5.11 Å². The maximum atomic E-state index is 10.6. The lowest BCUT2D eigenvalue weighted by Crippen LogP contribution is -2.37. The number of rotatable bonds is 4. The summed E-state index contributed by atoms with van der Waals surface area (Å²) in [6.07, 6.45) is 8.37. The van der Waals surface area contributed by atoms with Gasteiger partial charge >= 0.3 is 0 Å². The van der Waals surface area contributed by atoms with Gasteiger partial charge in [-0.3, -0.25) is 4.98 Å². The summed E-state index contributed by atoms with van der Waals surface area (Å²) in [7, 11) is 1.91. The Morgan fingerprint density at radius 1 is 1.00 bits per heavy atom. The van der Waals surface area contributed by atoms with E-state index < -0.39 is 6.10 Å². The summed E-state index contributed by atoms with van der Waals surface area (Å²) in [5.41, 5.74) is 1.67. The highest BCUT2D eigenvalue weighted by Crippen LogP contribution is 2.31. The molecule has 1 fully saturated rings. The van der Waals surface area contributed by atoms with Crippen molar-refractivity contribution in [3.8, 4) is 11.4 Å². The van der Waals surface area contributed by atoms with Crippen molar-refractivity contribution >= 4 is 5.95 Å². The van der Waals surface area contributed by atoms with E-state index in [1.807, 2.05) is 42.1 Å². The van der Waals surface area contributed by atoms with Crippen LogP contribution < -0.4 is 4.90 Å². The van der Waals surface area contributed by atoms with Crippen molar-refractivity contribution in [3.05, 3.63) is 54.9 Å². The molecule has 4 rings (SSSR count). The summed E-state index contributed by atoms with van der Waals surface area (Å²) < 4.78 is 1.89. The predicted octanol–water partition coefficient (Wildman–Crippen LogP) is 2.22. The predicted molar refractivity (Wildman–Crippen MR) is 98.4 cm³/mol. The number of aliphatic hydroxyl groups is 1. The van der Waals surface area contributed by atoms with Crippen LogP contribution in [0.4, 0.5) is 5.95 Å². The molecular weight excluding hydrogens is 328 g/mol. The van der Waals surface area contributed by atoms with E-state index in [1.54, 1.807) is 18.6 Å². The number of aliphatic hydroxyl groups excluding tert-OH is 1. The Hall–Kier alpha value is -2.80. The van der Waals surface area contributed by atoms with Crippen LogP contribution in [-0.4, -0.2) is 42.7 Å². The summed E-state index contributed by atoms with van der Waals surface area (Å²) in [5.74, 6) is 1.65. The Labute approximate surface area is 152 Å². The molecule has 134 valence electrons. The van der Waals surface area contributed by atoms with Crippen molar-refractivity contribution in [2.75, 3.05) is 18.0 Å². The molecule has 0 aromatic carbocycles. The Kier molecular flexibility index (Phi) is 4.62. The van der Waals surface area contributed by atoms with E-state index in [9.17, 15) is 5.11 Å². The van der Waals surface area contributed by atoms with E-state index in [1.165, 1.54) is 0 Å². The molecule has 0 amide bonds. The van der Waals surface area contributed by atoms with Gasteiger partial charge in [-0.2, -0.15) is 0 Å². The minimum absolute atomic E-state index is 0.200. The van der Waals surface area contributed by atoms with Crippen LogP contribution in [0.25, 0.3) is 11.4 Å². The summed E-state index contributed by atoms with van der Waals surface area (Å²) >= 11 is 0. The molecule has 0 aliphatic carbocycles. The van der Waals surface area contributed by atoms with Crippen molar-refractivity contribution in [2.45, 2.75) is 18.9 Å². The SMILES string of the molecule is Cn1ccnc1[C@@H](O)C1CCN(c2nccc(-c3ccccn3)n2)CC1. The van der Waals surface area contributed by atoms with E-state index in [4.69, 9.17) is 0 Å². The third kappa shape index (κ3) is 3.30. The normalized spacial score (nSPS) is 16.6. The van der Waals surface area contributed by atoms with E-state index in [0.717, 1.165) is 49.1 Å². The third-order valence-electron chi connectivity index (χ3n) is 4.96. The van der Waals surface area contributed by atoms with Gasteiger partial charge in [-0.25, -0.2) is 15.0 Å².